The normalized spacial score (nSPS) is 18.1. The Morgan fingerprint density at radius 2 is 2.25 bits per heavy atom. The van der Waals surface area contributed by atoms with Crippen LogP contribution in [0, 0.1) is 0 Å². The van der Waals surface area contributed by atoms with Crippen molar-refractivity contribution in [3.8, 4) is 10.4 Å². The van der Waals surface area contributed by atoms with Gasteiger partial charge in [-0.05, 0) is 29.9 Å². The van der Waals surface area contributed by atoms with Crippen molar-refractivity contribution < 1.29 is 9.53 Å². The Hall–Kier alpha value is -1.79. The number of aromatic nitrogens is 2. The highest BCUT2D eigenvalue weighted by Crippen LogP contribution is 2.25. The predicted octanol–water partition coefficient (Wildman–Crippen LogP) is 2.11. The number of nitrogens with one attached hydrogen (secondary N) is 1. The average Bonchev–Trinajstić information content (AvgIpc) is 3.17. The van der Waals surface area contributed by atoms with Gasteiger partial charge >= 0.3 is 0 Å². The van der Waals surface area contributed by atoms with Crippen molar-refractivity contribution in [2.45, 2.75) is 18.9 Å². The van der Waals surface area contributed by atoms with Gasteiger partial charge in [0.15, 0.2) is 5.69 Å². The van der Waals surface area contributed by atoms with Crippen LogP contribution in [0.25, 0.3) is 10.4 Å². The Bertz CT molecular complexity index is 579. The summed E-state index contributed by atoms with van der Waals surface area (Å²) in [5.74, 6) is -0.187. The van der Waals surface area contributed by atoms with E-state index in [9.17, 15) is 4.79 Å². The van der Waals surface area contributed by atoms with Crippen molar-refractivity contribution in [2.24, 2.45) is 0 Å². The standard InChI is InChI=1S/C14H15N3O2S/c18-14(15-9-11-7-4-8-19-11)12-13(20-17-16-12)10-5-2-1-3-6-10/h1-3,5-6,11H,4,7-9H2,(H,15,18)/t11-/m1/s1. The monoisotopic (exact) mass is 289 g/mol. The van der Waals surface area contributed by atoms with E-state index < -0.39 is 0 Å². The molecule has 3 rings (SSSR count). The fourth-order valence-corrected chi connectivity index (χ4v) is 2.88. The number of rotatable bonds is 4. The molecule has 0 saturated carbocycles. The first-order valence-electron chi connectivity index (χ1n) is 6.62. The number of carbonyl (C=O) groups is 1. The third-order valence-corrected chi connectivity index (χ3v) is 4.03. The molecule has 6 heteroatoms. The number of benzene rings is 1. The molecule has 0 aliphatic carbocycles. The number of hydrogen-bond acceptors (Lipinski definition) is 5. The van der Waals surface area contributed by atoms with E-state index in [1.165, 1.54) is 11.5 Å². The molecule has 2 heterocycles. The van der Waals surface area contributed by atoms with Crippen LogP contribution in [0.4, 0.5) is 0 Å². The van der Waals surface area contributed by atoms with Crippen LogP contribution in [-0.4, -0.2) is 34.7 Å². The maximum Gasteiger partial charge on any atom is 0.273 e. The minimum atomic E-state index is -0.187. The summed E-state index contributed by atoms with van der Waals surface area (Å²) >= 11 is 1.24. The van der Waals surface area contributed by atoms with E-state index >= 15 is 0 Å². The quantitative estimate of drug-likeness (QED) is 0.936. The minimum Gasteiger partial charge on any atom is -0.376 e. The highest BCUT2D eigenvalue weighted by atomic mass is 32.1. The largest absolute Gasteiger partial charge is 0.376 e. The second-order valence-electron chi connectivity index (χ2n) is 4.66. The minimum absolute atomic E-state index is 0.130. The van der Waals surface area contributed by atoms with Gasteiger partial charge in [0.25, 0.3) is 5.91 Å². The van der Waals surface area contributed by atoms with Crippen LogP contribution >= 0.6 is 11.5 Å². The van der Waals surface area contributed by atoms with Gasteiger partial charge in [-0.15, -0.1) is 5.10 Å². The Balaban J connectivity index is 1.70. The number of nitrogens with zero attached hydrogens (tertiary/aromatic N) is 2. The van der Waals surface area contributed by atoms with Gasteiger partial charge in [0, 0.05) is 13.2 Å². The highest BCUT2D eigenvalue weighted by molar-refractivity contribution is 7.09. The van der Waals surface area contributed by atoms with Crippen LogP contribution in [0.3, 0.4) is 0 Å². The molecule has 0 unspecified atom stereocenters. The summed E-state index contributed by atoms with van der Waals surface area (Å²) in [5, 5.41) is 6.83. The predicted molar refractivity (Wildman–Crippen MR) is 76.7 cm³/mol. The van der Waals surface area contributed by atoms with Crippen LogP contribution in [0.2, 0.25) is 0 Å². The third-order valence-electron chi connectivity index (χ3n) is 3.25. The SMILES string of the molecule is O=C(NC[C@H]1CCCO1)c1nnsc1-c1ccccc1. The molecule has 1 aliphatic rings. The van der Waals surface area contributed by atoms with Crippen molar-refractivity contribution in [3.63, 3.8) is 0 Å². The molecule has 0 radical (unpaired) electrons. The molecule has 1 aliphatic heterocycles. The molecule has 1 N–H and O–H groups in total. The average molecular weight is 289 g/mol. The smallest absolute Gasteiger partial charge is 0.273 e. The zero-order valence-electron chi connectivity index (χ0n) is 10.9. The lowest BCUT2D eigenvalue weighted by Gasteiger charge is -2.10. The maximum atomic E-state index is 12.2. The zero-order chi connectivity index (χ0) is 13.8. The number of ether oxygens (including phenoxy) is 1. The number of carbonyl (C=O) groups excluding carboxylic acids is 1. The van der Waals surface area contributed by atoms with Crippen LogP contribution in [0.1, 0.15) is 23.3 Å². The van der Waals surface area contributed by atoms with Crippen LogP contribution < -0.4 is 5.32 Å². The second kappa shape index (κ2) is 6.11. The van der Waals surface area contributed by atoms with Crippen LogP contribution in [-0.2, 0) is 4.74 Å². The lowest BCUT2D eigenvalue weighted by atomic mass is 10.1. The summed E-state index contributed by atoms with van der Waals surface area (Å²) in [5.41, 5.74) is 1.35. The van der Waals surface area contributed by atoms with Gasteiger partial charge in [0.2, 0.25) is 0 Å². The van der Waals surface area contributed by atoms with E-state index in [0.717, 1.165) is 29.9 Å². The van der Waals surface area contributed by atoms with Gasteiger partial charge in [-0.25, -0.2) is 0 Å². The van der Waals surface area contributed by atoms with E-state index in [-0.39, 0.29) is 12.0 Å². The molecule has 1 amide bonds. The Labute approximate surface area is 121 Å². The van der Waals surface area contributed by atoms with Crippen molar-refractivity contribution >= 4 is 17.4 Å². The molecule has 104 valence electrons. The fourth-order valence-electron chi connectivity index (χ4n) is 2.21. The summed E-state index contributed by atoms with van der Waals surface area (Å²) in [6, 6.07) is 9.71. The van der Waals surface area contributed by atoms with Crippen molar-refractivity contribution in [3.05, 3.63) is 36.0 Å². The summed E-state index contributed by atoms with van der Waals surface area (Å²) in [6.45, 7) is 1.32. The molecule has 1 atom stereocenters. The Morgan fingerprint density at radius 3 is 3.00 bits per heavy atom. The van der Waals surface area contributed by atoms with Gasteiger partial charge in [-0.3, -0.25) is 4.79 Å². The summed E-state index contributed by atoms with van der Waals surface area (Å²) < 4.78 is 9.39. The summed E-state index contributed by atoms with van der Waals surface area (Å²) in [7, 11) is 0. The molecule has 0 spiro atoms. The van der Waals surface area contributed by atoms with Gasteiger partial charge in [-0.2, -0.15) is 0 Å². The van der Waals surface area contributed by atoms with E-state index in [1.54, 1.807) is 0 Å². The topological polar surface area (TPSA) is 64.1 Å². The van der Waals surface area contributed by atoms with Gasteiger partial charge < -0.3 is 10.1 Å². The molecular formula is C14H15N3O2S. The molecule has 1 aromatic heterocycles. The van der Waals surface area contributed by atoms with Crippen LogP contribution in [0.5, 0.6) is 0 Å². The lowest BCUT2D eigenvalue weighted by Crippen LogP contribution is -2.32. The molecule has 1 aromatic carbocycles. The number of amides is 1. The van der Waals surface area contributed by atoms with E-state index in [4.69, 9.17) is 4.74 Å². The molecule has 1 saturated heterocycles. The van der Waals surface area contributed by atoms with Crippen molar-refractivity contribution in [1.29, 1.82) is 0 Å². The first-order valence-corrected chi connectivity index (χ1v) is 7.39. The molecule has 5 nitrogen and oxygen atoms in total. The molecule has 0 bridgehead atoms. The van der Waals surface area contributed by atoms with Crippen molar-refractivity contribution in [2.75, 3.05) is 13.2 Å². The van der Waals surface area contributed by atoms with E-state index in [2.05, 4.69) is 14.9 Å². The zero-order valence-corrected chi connectivity index (χ0v) is 11.7. The molecule has 20 heavy (non-hydrogen) atoms. The second-order valence-corrected chi connectivity index (χ2v) is 5.42. The maximum absolute atomic E-state index is 12.2. The van der Waals surface area contributed by atoms with E-state index in [0.29, 0.717) is 12.2 Å². The highest BCUT2D eigenvalue weighted by Gasteiger charge is 2.20. The van der Waals surface area contributed by atoms with Gasteiger partial charge in [0.1, 0.15) is 0 Å². The molecule has 2 aromatic rings. The van der Waals surface area contributed by atoms with E-state index in [1.807, 2.05) is 30.3 Å². The molecule has 1 fully saturated rings. The Kier molecular flexibility index (Phi) is 4.03. The first kappa shape index (κ1) is 13.2. The molecular weight excluding hydrogens is 274 g/mol. The third kappa shape index (κ3) is 2.86. The van der Waals surface area contributed by atoms with Crippen LogP contribution in [0.15, 0.2) is 30.3 Å². The first-order chi connectivity index (χ1) is 9.84. The van der Waals surface area contributed by atoms with Gasteiger partial charge in [0.05, 0.1) is 11.0 Å². The summed E-state index contributed by atoms with van der Waals surface area (Å²) in [6.07, 6.45) is 2.19. The van der Waals surface area contributed by atoms with Crippen molar-refractivity contribution in [1.82, 2.24) is 14.9 Å². The summed E-state index contributed by atoms with van der Waals surface area (Å²) in [4.78, 5) is 13.0. The Morgan fingerprint density at radius 1 is 1.40 bits per heavy atom. The van der Waals surface area contributed by atoms with Gasteiger partial charge in [-0.1, -0.05) is 34.8 Å². The number of hydrogen-bond donors (Lipinski definition) is 1. The fraction of sp³-hybridized carbons (Fsp3) is 0.357. The lowest BCUT2D eigenvalue weighted by molar-refractivity contribution is 0.0854.